The number of aldehydes is 1. The predicted molar refractivity (Wildman–Crippen MR) is 48.7 cm³/mol. The van der Waals surface area contributed by atoms with Crippen LogP contribution < -0.4 is 0 Å². The molecule has 0 spiro atoms. The molecule has 1 aromatic rings. The van der Waals surface area contributed by atoms with Crippen LogP contribution >= 0.6 is 0 Å². The van der Waals surface area contributed by atoms with Crippen LogP contribution in [-0.2, 0) is 4.79 Å². The van der Waals surface area contributed by atoms with Crippen LogP contribution in [0.2, 0.25) is 0 Å². The van der Waals surface area contributed by atoms with Crippen LogP contribution in [0.1, 0.15) is 17.7 Å². The highest BCUT2D eigenvalue weighted by Crippen LogP contribution is 2.01. The largest absolute Gasteiger partial charge is 0.303 e. The maximum absolute atomic E-state index is 9.99. The van der Waals surface area contributed by atoms with Crippen molar-refractivity contribution in [2.75, 3.05) is 0 Å². The molecule has 0 radical (unpaired) electrons. The fourth-order valence-corrected chi connectivity index (χ4v) is 0.895. The molecule has 0 unspecified atom stereocenters. The van der Waals surface area contributed by atoms with Gasteiger partial charge in [0, 0.05) is 12.6 Å². The first-order valence-corrected chi connectivity index (χ1v) is 3.86. The summed E-state index contributed by atoms with van der Waals surface area (Å²) in [6.07, 6.45) is 6.73. The van der Waals surface area contributed by atoms with Crippen LogP contribution in [0.15, 0.2) is 24.4 Å². The van der Waals surface area contributed by atoms with Crippen LogP contribution in [0.25, 0.3) is 6.08 Å². The van der Waals surface area contributed by atoms with Crippen molar-refractivity contribution in [2.24, 2.45) is 0 Å². The van der Waals surface area contributed by atoms with Crippen molar-refractivity contribution in [3.05, 3.63) is 35.7 Å². The number of carbonyl (C=O) groups is 1. The fraction of sp³-hybridized carbons (Fsp3) is 0.200. The molecule has 0 fully saturated rings. The zero-order valence-electron chi connectivity index (χ0n) is 7.03. The highest BCUT2D eigenvalue weighted by atomic mass is 16.1. The number of aryl methyl sites for hydroxylation is 1. The second-order valence-electron chi connectivity index (χ2n) is 2.56. The lowest BCUT2D eigenvalue weighted by atomic mass is 10.2. The first-order valence-electron chi connectivity index (χ1n) is 3.86. The molecule has 0 amide bonds. The summed E-state index contributed by atoms with van der Waals surface area (Å²) in [4.78, 5) is 14.1. The Kier molecular flexibility index (Phi) is 3.20. The Morgan fingerprint density at radius 2 is 2.42 bits per heavy atom. The molecule has 62 valence electrons. The van der Waals surface area contributed by atoms with E-state index in [2.05, 4.69) is 4.98 Å². The maximum Gasteiger partial charge on any atom is 0.123 e. The van der Waals surface area contributed by atoms with Gasteiger partial charge in [0.25, 0.3) is 0 Å². The van der Waals surface area contributed by atoms with E-state index in [-0.39, 0.29) is 0 Å². The van der Waals surface area contributed by atoms with Crippen molar-refractivity contribution in [3.63, 3.8) is 0 Å². The molecule has 0 aromatic carbocycles. The zero-order chi connectivity index (χ0) is 8.81. The van der Waals surface area contributed by atoms with E-state index in [4.69, 9.17) is 0 Å². The van der Waals surface area contributed by atoms with Crippen molar-refractivity contribution >= 4 is 12.4 Å². The maximum atomic E-state index is 9.99. The van der Waals surface area contributed by atoms with Crippen molar-refractivity contribution < 1.29 is 4.79 Å². The van der Waals surface area contributed by atoms with Gasteiger partial charge in [-0.3, -0.25) is 4.98 Å². The van der Waals surface area contributed by atoms with Gasteiger partial charge >= 0.3 is 0 Å². The molecule has 0 aliphatic rings. The number of carbonyl (C=O) groups excluding carboxylic acids is 1. The SMILES string of the molecule is Cc1ccnc(C=CCC=O)c1. The molecule has 0 saturated carbocycles. The van der Waals surface area contributed by atoms with Gasteiger partial charge in [-0.25, -0.2) is 0 Å². The number of hydrogen-bond acceptors (Lipinski definition) is 2. The van der Waals surface area contributed by atoms with E-state index in [0.29, 0.717) is 6.42 Å². The normalized spacial score (nSPS) is 10.4. The Hall–Kier alpha value is -1.44. The van der Waals surface area contributed by atoms with Gasteiger partial charge in [-0.2, -0.15) is 0 Å². The Morgan fingerprint density at radius 3 is 3.08 bits per heavy atom. The average Bonchev–Trinajstić information content (AvgIpc) is 2.05. The number of pyridine rings is 1. The van der Waals surface area contributed by atoms with Crippen molar-refractivity contribution in [1.82, 2.24) is 4.98 Å². The second-order valence-corrected chi connectivity index (χ2v) is 2.56. The van der Waals surface area contributed by atoms with E-state index in [1.165, 1.54) is 5.56 Å². The molecule has 0 aliphatic heterocycles. The first-order chi connectivity index (χ1) is 5.83. The van der Waals surface area contributed by atoms with Crippen LogP contribution in [0.5, 0.6) is 0 Å². The molecular weight excluding hydrogens is 150 g/mol. The molecule has 1 heterocycles. The van der Waals surface area contributed by atoms with Gasteiger partial charge in [-0.15, -0.1) is 0 Å². The Balaban J connectivity index is 2.69. The van der Waals surface area contributed by atoms with E-state index in [0.717, 1.165) is 12.0 Å². The molecule has 0 N–H and O–H groups in total. The van der Waals surface area contributed by atoms with Crippen LogP contribution in [0, 0.1) is 6.92 Å². The lowest BCUT2D eigenvalue weighted by Crippen LogP contribution is -1.80. The van der Waals surface area contributed by atoms with E-state index < -0.39 is 0 Å². The van der Waals surface area contributed by atoms with Crippen molar-refractivity contribution in [3.8, 4) is 0 Å². The monoisotopic (exact) mass is 161 g/mol. The summed E-state index contributed by atoms with van der Waals surface area (Å²) in [5.74, 6) is 0. The molecule has 2 heteroatoms. The summed E-state index contributed by atoms with van der Waals surface area (Å²) in [6, 6.07) is 3.92. The number of aromatic nitrogens is 1. The minimum Gasteiger partial charge on any atom is -0.303 e. The van der Waals surface area contributed by atoms with Crippen LogP contribution in [-0.4, -0.2) is 11.3 Å². The number of nitrogens with zero attached hydrogens (tertiary/aromatic N) is 1. The van der Waals surface area contributed by atoms with E-state index in [1.54, 1.807) is 12.3 Å². The van der Waals surface area contributed by atoms with Gasteiger partial charge < -0.3 is 4.79 Å². The average molecular weight is 161 g/mol. The minimum atomic E-state index is 0.454. The summed E-state index contributed by atoms with van der Waals surface area (Å²) in [7, 11) is 0. The molecule has 0 bridgehead atoms. The predicted octanol–water partition coefficient (Wildman–Crippen LogP) is 1.99. The van der Waals surface area contributed by atoms with Gasteiger partial charge in [0.2, 0.25) is 0 Å². The second kappa shape index (κ2) is 4.44. The molecule has 12 heavy (non-hydrogen) atoms. The molecular formula is C10H11NO. The molecule has 0 atom stereocenters. The number of hydrogen-bond donors (Lipinski definition) is 0. The highest BCUT2D eigenvalue weighted by molar-refractivity contribution is 5.56. The van der Waals surface area contributed by atoms with Crippen molar-refractivity contribution in [1.29, 1.82) is 0 Å². The third-order valence-corrected chi connectivity index (χ3v) is 1.46. The van der Waals surface area contributed by atoms with Gasteiger partial charge in [0.05, 0.1) is 5.69 Å². The molecule has 0 saturated heterocycles. The molecule has 0 aliphatic carbocycles. The fourth-order valence-electron chi connectivity index (χ4n) is 0.895. The van der Waals surface area contributed by atoms with E-state index in [1.807, 2.05) is 25.1 Å². The van der Waals surface area contributed by atoms with Gasteiger partial charge in [0.15, 0.2) is 0 Å². The third kappa shape index (κ3) is 2.66. The lowest BCUT2D eigenvalue weighted by molar-refractivity contribution is -0.107. The van der Waals surface area contributed by atoms with Crippen molar-refractivity contribution in [2.45, 2.75) is 13.3 Å². The Morgan fingerprint density at radius 1 is 1.58 bits per heavy atom. The topological polar surface area (TPSA) is 30.0 Å². The Labute approximate surface area is 71.9 Å². The zero-order valence-corrected chi connectivity index (χ0v) is 7.03. The lowest BCUT2D eigenvalue weighted by Gasteiger charge is -1.92. The quantitative estimate of drug-likeness (QED) is 0.634. The number of allylic oxidation sites excluding steroid dienone is 1. The van der Waals surface area contributed by atoms with E-state index >= 15 is 0 Å². The smallest absolute Gasteiger partial charge is 0.123 e. The van der Waals surface area contributed by atoms with E-state index in [9.17, 15) is 4.79 Å². The molecule has 2 nitrogen and oxygen atoms in total. The summed E-state index contributed by atoms with van der Waals surface area (Å²) in [5.41, 5.74) is 2.08. The molecule has 1 rings (SSSR count). The third-order valence-electron chi connectivity index (χ3n) is 1.46. The molecule has 1 aromatic heterocycles. The van der Waals surface area contributed by atoms with Gasteiger partial charge in [0.1, 0.15) is 6.29 Å². The standard InChI is InChI=1S/C10H11NO/c1-9-5-6-11-10(8-9)4-2-3-7-12/h2,4-8H,3H2,1H3. The summed E-state index contributed by atoms with van der Waals surface area (Å²) >= 11 is 0. The first kappa shape index (κ1) is 8.65. The Bertz CT molecular complexity index is 292. The summed E-state index contributed by atoms with van der Waals surface area (Å²) < 4.78 is 0. The minimum absolute atomic E-state index is 0.454. The van der Waals surface area contributed by atoms with Gasteiger partial charge in [-0.1, -0.05) is 6.08 Å². The van der Waals surface area contributed by atoms with Gasteiger partial charge in [-0.05, 0) is 30.7 Å². The van der Waals surface area contributed by atoms with Crippen LogP contribution in [0.4, 0.5) is 0 Å². The number of rotatable bonds is 3. The van der Waals surface area contributed by atoms with Crippen LogP contribution in [0.3, 0.4) is 0 Å². The highest BCUT2D eigenvalue weighted by Gasteiger charge is 1.87. The summed E-state index contributed by atoms with van der Waals surface area (Å²) in [6.45, 7) is 2.01. The summed E-state index contributed by atoms with van der Waals surface area (Å²) in [5, 5.41) is 0.